The maximum absolute atomic E-state index is 12.4. The van der Waals surface area contributed by atoms with Gasteiger partial charge in [0.05, 0.1) is 17.6 Å². The van der Waals surface area contributed by atoms with E-state index in [4.69, 9.17) is 22.9 Å². The standard InChI is InChI=1S/C17H26N6O2/c18-13(9-10-5-7-11(8-6-10)22-17(20)21)16(25)23-14-4-2-1-3-12(14)15(19)24/h5-8,12-14H,1-4,9,18H2,(H2,19,24)(H,23,25)(H4,20,21,22)/t12-,13+,14+/m1/s1. The number of rotatable bonds is 6. The number of nitrogens with zero attached hydrogens (tertiary/aromatic N) is 1. The zero-order valence-electron chi connectivity index (χ0n) is 14.2. The van der Waals surface area contributed by atoms with Gasteiger partial charge in [-0.2, -0.15) is 0 Å². The van der Waals surface area contributed by atoms with Gasteiger partial charge in [0.25, 0.3) is 0 Å². The van der Waals surface area contributed by atoms with Gasteiger partial charge in [-0.05, 0) is 37.0 Å². The van der Waals surface area contributed by atoms with Gasteiger partial charge >= 0.3 is 0 Å². The van der Waals surface area contributed by atoms with Crippen LogP contribution in [0.2, 0.25) is 0 Å². The number of nitrogens with one attached hydrogen (secondary N) is 1. The second-order valence-corrected chi connectivity index (χ2v) is 6.42. The molecular weight excluding hydrogens is 320 g/mol. The molecule has 0 unspecified atom stereocenters. The summed E-state index contributed by atoms with van der Waals surface area (Å²) in [6.45, 7) is 0. The number of carbonyl (C=O) groups excluding carboxylic acids is 2. The van der Waals surface area contributed by atoms with Crippen molar-refractivity contribution in [3.8, 4) is 0 Å². The molecule has 0 heterocycles. The lowest BCUT2D eigenvalue weighted by molar-refractivity contribution is -0.126. The summed E-state index contributed by atoms with van der Waals surface area (Å²) in [5, 5.41) is 2.89. The predicted octanol–water partition coefficient (Wildman–Crippen LogP) is -0.378. The van der Waals surface area contributed by atoms with Crippen LogP contribution in [0.3, 0.4) is 0 Å². The van der Waals surface area contributed by atoms with Crippen molar-refractivity contribution in [1.82, 2.24) is 5.32 Å². The molecule has 0 saturated heterocycles. The van der Waals surface area contributed by atoms with E-state index in [-0.39, 0.29) is 29.7 Å². The molecule has 0 aliphatic heterocycles. The molecule has 25 heavy (non-hydrogen) atoms. The molecule has 1 aliphatic rings. The van der Waals surface area contributed by atoms with Crippen LogP contribution in [0.1, 0.15) is 31.2 Å². The number of primary amides is 1. The van der Waals surface area contributed by atoms with E-state index in [1.54, 1.807) is 12.1 Å². The fraction of sp³-hybridized carbons (Fsp3) is 0.471. The van der Waals surface area contributed by atoms with Crippen molar-refractivity contribution in [3.05, 3.63) is 29.8 Å². The molecule has 0 bridgehead atoms. The van der Waals surface area contributed by atoms with Crippen molar-refractivity contribution >= 4 is 23.5 Å². The predicted molar refractivity (Wildman–Crippen MR) is 96.7 cm³/mol. The first kappa shape index (κ1) is 18.7. The summed E-state index contributed by atoms with van der Waals surface area (Å²) < 4.78 is 0. The van der Waals surface area contributed by atoms with E-state index >= 15 is 0 Å². The third-order valence-corrected chi connectivity index (χ3v) is 4.45. The zero-order valence-corrected chi connectivity index (χ0v) is 14.2. The molecule has 1 aliphatic carbocycles. The third kappa shape index (κ3) is 5.46. The van der Waals surface area contributed by atoms with Crippen molar-refractivity contribution < 1.29 is 9.59 Å². The molecule has 1 aromatic carbocycles. The molecule has 8 heteroatoms. The van der Waals surface area contributed by atoms with Gasteiger partial charge in [-0.15, -0.1) is 0 Å². The van der Waals surface area contributed by atoms with Gasteiger partial charge in [0.1, 0.15) is 0 Å². The Labute approximate surface area is 147 Å². The third-order valence-electron chi connectivity index (χ3n) is 4.45. The van der Waals surface area contributed by atoms with E-state index in [0.717, 1.165) is 24.8 Å². The Morgan fingerprint density at radius 2 is 1.76 bits per heavy atom. The van der Waals surface area contributed by atoms with Crippen molar-refractivity contribution in [2.24, 2.45) is 33.8 Å². The number of hydrogen-bond acceptors (Lipinski definition) is 4. The number of aliphatic imine (C=N–C) groups is 1. The van der Waals surface area contributed by atoms with Crippen molar-refractivity contribution in [2.75, 3.05) is 0 Å². The molecule has 2 rings (SSSR count). The van der Waals surface area contributed by atoms with Crippen LogP contribution < -0.4 is 28.3 Å². The van der Waals surface area contributed by atoms with Crippen molar-refractivity contribution in [3.63, 3.8) is 0 Å². The molecule has 1 fully saturated rings. The van der Waals surface area contributed by atoms with Crippen LogP contribution in [0.25, 0.3) is 0 Å². The van der Waals surface area contributed by atoms with Crippen LogP contribution in [0.5, 0.6) is 0 Å². The molecule has 1 saturated carbocycles. The largest absolute Gasteiger partial charge is 0.370 e. The lowest BCUT2D eigenvalue weighted by Gasteiger charge is -2.30. The molecule has 0 spiro atoms. The van der Waals surface area contributed by atoms with E-state index in [0.29, 0.717) is 18.5 Å². The average molecular weight is 346 g/mol. The van der Waals surface area contributed by atoms with Gasteiger partial charge in [-0.25, -0.2) is 4.99 Å². The van der Waals surface area contributed by atoms with Crippen molar-refractivity contribution in [2.45, 2.75) is 44.2 Å². The van der Waals surface area contributed by atoms with Crippen LogP contribution >= 0.6 is 0 Å². The summed E-state index contributed by atoms with van der Waals surface area (Å²) in [6.07, 6.45) is 3.76. The SMILES string of the molecule is NC(=O)[C@@H]1CCCC[C@@H]1NC(=O)[C@@H](N)Cc1ccc(N=C(N)N)cc1. The minimum Gasteiger partial charge on any atom is -0.370 e. The lowest BCUT2D eigenvalue weighted by Crippen LogP contribution is -2.52. The molecule has 2 amide bonds. The Morgan fingerprint density at radius 3 is 2.36 bits per heavy atom. The Balaban J connectivity index is 1.93. The van der Waals surface area contributed by atoms with Crippen LogP contribution in [-0.4, -0.2) is 29.9 Å². The topological polar surface area (TPSA) is 163 Å². The van der Waals surface area contributed by atoms with Crippen LogP contribution in [0.4, 0.5) is 5.69 Å². The lowest BCUT2D eigenvalue weighted by atomic mass is 9.84. The molecule has 0 aromatic heterocycles. The molecule has 9 N–H and O–H groups in total. The van der Waals surface area contributed by atoms with Gasteiger partial charge in [0.2, 0.25) is 11.8 Å². The molecule has 8 nitrogen and oxygen atoms in total. The second-order valence-electron chi connectivity index (χ2n) is 6.42. The van der Waals surface area contributed by atoms with E-state index in [9.17, 15) is 9.59 Å². The van der Waals surface area contributed by atoms with E-state index < -0.39 is 6.04 Å². The van der Waals surface area contributed by atoms with Gasteiger partial charge in [-0.1, -0.05) is 25.0 Å². The summed E-state index contributed by atoms with van der Waals surface area (Å²) in [6, 6.07) is 6.22. The fourth-order valence-corrected chi connectivity index (χ4v) is 3.14. The van der Waals surface area contributed by atoms with E-state index in [1.807, 2.05) is 12.1 Å². The van der Waals surface area contributed by atoms with Gasteiger partial charge < -0.3 is 28.3 Å². The number of amides is 2. The number of benzene rings is 1. The van der Waals surface area contributed by atoms with Crippen LogP contribution in [0, 0.1) is 5.92 Å². The number of nitrogens with two attached hydrogens (primary N) is 4. The van der Waals surface area contributed by atoms with E-state index in [1.165, 1.54) is 0 Å². The molecule has 0 radical (unpaired) electrons. The van der Waals surface area contributed by atoms with E-state index in [2.05, 4.69) is 10.3 Å². The highest BCUT2D eigenvalue weighted by molar-refractivity contribution is 5.84. The molecule has 3 atom stereocenters. The second kappa shape index (κ2) is 8.48. The van der Waals surface area contributed by atoms with Crippen LogP contribution in [-0.2, 0) is 16.0 Å². The number of hydrogen-bond donors (Lipinski definition) is 5. The normalized spacial score (nSPS) is 21.2. The Kier molecular flexibility index (Phi) is 6.35. The molecular formula is C17H26N6O2. The first-order valence-corrected chi connectivity index (χ1v) is 8.40. The summed E-state index contributed by atoms with van der Waals surface area (Å²) in [4.78, 5) is 27.8. The Hall–Kier alpha value is -2.61. The van der Waals surface area contributed by atoms with Crippen molar-refractivity contribution in [1.29, 1.82) is 0 Å². The fourth-order valence-electron chi connectivity index (χ4n) is 3.14. The first-order valence-electron chi connectivity index (χ1n) is 8.40. The highest BCUT2D eigenvalue weighted by Gasteiger charge is 2.31. The summed E-state index contributed by atoms with van der Waals surface area (Å²) in [5.41, 5.74) is 23.6. The molecule has 1 aromatic rings. The summed E-state index contributed by atoms with van der Waals surface area (Å²) in [5.74, 6) is -0.968. The van der Waals surface area contributed by atoms with Gasteiger partial charge in [0, 0.05) is 6.04 Å². The minimum absolute atomic E-state index is 0.0136. The highest BCUT2D eigenvalue weighted by Crippen LogP contribution is 2.24. The maximum atomic E-state index is 12.4. The van der Waals surface area contributed by atoms with Gasteiger partial charge in [0.15, 0.2) is 5.96 Å². The number of carbonyl (C=O) groups is 2. The van der Waals surface area contributed by atoms with Crippen LogP contribution in [0.15, 0.2) is 29.3 Å². The summed E-state index contributed by atoms with van der Waals surface area (Å²) in [7, 11) is 0. The minimum atomic E-state index is -0.704. The monoisotopic (exact) mass is 346 g/mol. The highest BCUT2D eigenvalue weighted by atomic mass is 16.2. The first-order chi connectivity index (χ1) is 11.9. The Morgan fingerprint density at radius 1 is 1.12 bits per heavy atom. The van der Waals surface area contributed by atoms with Gasteiger partial charge in [-0.3, -0.25) is 9.59 Å². The maximum Gasteiger partial charge on any atom is 0.237 e. The number of guanidine groups is 1. The smallest absolute Gasteiger partial charge is 0.237 e. The quantitative estimate of drug-likeness (QED) is 0.350. The average Bonchev–Trinajstić information content (AvgIpc) is 2.56. The zero-order chi connectivity index (χ0) is 18.4. The molecule has 136 valence electrons. The Bertz CT molecular complexity index is 639. The summed E-state index contributed by atoms with van der Waals surface area (Å²) >= 11 is 0.